The molecule has 1 aromatic carbocycles. The fraction of sp³-hybridized carbons (Fsp3) is 0.476. The molecule has 0 spiro atoms. The van der Waals surface area contributed by atoms with Crippen molar-refractivity contribution in [3.8, 4) is 5.75 Å². The third kappa shape index (κ3) is 4.78. The van der Waals surface area contributed by atoms with Crippen LogP contribution in [0.2, 0.25) is 0 Å². The number of hydrogen-bond acceptors (Lipinski definition) is 8. The van der Waals surface area contributed by atoms with E-state index in [9.17, 15) is 18.0 Å². The van der Waals surface area contributed by atoms with Crippen molar-refractivity contribution in [3.63, 3.8) is 0 Å². The molecule has 1 aromatic heterocycles. The van der Waals surface area contributed by atoms with E-state index < -0.39 is 16.0 Å². The molecule has 0 radical (unpaired) electrons. The Hall–Kier alpha value is -2.92. The number of carbonyl (C=O) groups is 2. The number of benzene rings is 1. The van der Waals surface area contributed by atoms with Crippen LogP contribution in [-0.4, -0.2) is 57.1 Å². The maximum absolute atomic E-state index is 12.9. The summed E-state index contributed by atoms with van der Waals surface area (Å²) in [5.74, 6) is -0.340. The number of amides is 1. The van der Waals surface area contributed by atoms with Gasteiger partial charge in [-0.25, -0.2) is 13.2 Å². The van der Waals surface area contributed by atoms with E-state index in [1.54, 1.807) is 32.0 Å². The van der Waals surface area contributed by atoms with Crippen molar-refractivity contribution in [1.82, 2.24) is 14.8 Å². The Kier molecular flexibility index (Phi) is 7.19. The first-order valence-corrected chi connectivity index (χ1v) is 11.6. The second-order valence-corrected chi connectivity index (χ2v) is 9.45. The lowest BCUT2D eigenvalue weighted by Crippen LogP contribution is -2.43. The van der Waals surface area contributed by atoms with Crippen LogP contribution in [0.5, 0.6) is 5.75 Å². The molecule has 1 saturated heterocycles. The van der Waals surface area contributed by atoms with Gasteiger partial charge in [0.2, 0.25) is 15.9 Å². The minimum absolute atomic E-state index is 0.0984. The molecule has 1 N–H and O–H groups in total. The molecule has 0 bridgehead atoms. The van der Waals surface area contributed by atoms with Gasteiger partial charge in [-0.3, -0.25) is 4.79 Å². The van der Waals surface area contributed by atoms with Crippen LogP contribution < -0.4 is 10.1 Å². The summed E-state index contributed by atoms with van der Waals surface area (Å²) in [4.78, 5) is 24.7. The molecule has 0 atom stereocenters. The quantitative estimate of drug-likeness (QED) is 0.613. The minimum Gasteiger partial charge on any atom is -0.496 e. The Labute approximate surface area is 186 Å². The van der Waals surface area contributed by atoms with E-state index in [-0.39, 0.29) is 47.7 Å². The second-order valence-electron chi connectivity index (χ2n) is 7.58. The summed E-state index contributed by atoms with van der Waals surface area (Å²) in [5, 5.41) is 6.59. The summed E-state index contributed by atoms with van der Waals surface area (Å²) in [5.41, 5.74) is 1.32. The summed E-state index contributed by atoms with van der Waals surface area (Å²) < 4.78 is 42.1. The smallest absolute Gasteiger partial charge is 0.341 e. The fourth-order valence-corrected chi connectivity index (χ4v) is 5.56. The van der Waals surface area contributed by atoms with Crippen LogP contribution in [0.15, 0.2) is 27.6 Å². The number of piperidine rings is 1. The highest BCUT2D eigenvalue weighted by molar-refractivity contribution is 7.89. The Bertz CT molecular complexity index is 1080. The lowest BCUT2D eigenvalue weighted by Gasteiger charge is -2.30. The molecule has 2 aromatic rings. The molecular formula is C21H27N3O7S. The van der Waals surface area contributed by atoms with Gasteiger partial charge < -0.3 is 19.3 Å². The Morgan fingerprint density at radius 2 is 1.91 bits per heavy atom. The van der Waals surface area contributed by atoms with Crippen LogP contribution in [0.3, 0.4) is 0 Å². The van der Waals surface area contributed by atoms with Crippen LogP contribution in [0.4, 0.5) is 0 Å². The fourth-order valence-electron chi connectivity index (χ4n) is 3.80. The third-order valence-corrected chi connectivity index (χ3v) is 7.67. The minimum atomic E-state index is -3.72. The Balaban J connectivity index is 1.59. The number of sulfonamides is 1. The van der Waals surface area contributed by atoms with E-state index in [2.05, 4.69) is 10.5 Å². The maximum atomic E-state index is 12.9. The normalized spacial score (nSPS) is 15.4. The predicted molar refractivity (Wildman–Crippen MR) is 114 cm³/mol. The van der Waals surface area contributed by atoms with Crippen molar-refractivity contribution in [1.29, 1.82) is 0 Å². The van der Waals surface area contributed by atoms with Crippen molar-refractivity contribution in [2.75, 3.05) is 27.3 Å². The van der Waals surface area contributed by atoms with Crippen molar-refractivity contribution in [2.24, 2.45) is 5.92 Å². The zero-order chi connectivity index (χ0) is 23.5. The lowest BCUT2D eigenvalue weighted by atomic mass is 9.97. The maximum Gasteiger partial charge on any atom is 0.341 e. The number of rotatable bonds is 7. The van der Waals surface area contributed by atoms with Crippen LogP contribution in [0, 0.1) is 19.8 Å². The molecule has 1 aliphatic rings. The van der Waals surface area contributed by atoms with Crippen molar-refractivity contribution in [3.05, 3.63) is 40.8 Å². The van der Waals surface area contributed by atoms with Gasteiger partial charge in [0.25, 0.3) is 0 Å². The van der Waals surface area contributed by atoms with Gasteiger partial charge in [0, 0.05) is 25.6 Å². The number of hydrogen-bond donors (Lipinski definition) is 1. The van der Waals surface area contributed by atoms with Gasteiger partial charge in [0.15, 0.2) is 5.76 Å². The summed E-state index contributed by atoms with van der Waals surface area (Å²) >= 11 is 0. The molecule has 32 heavy (non-hydrogen) atoms. The van der Waals surface area contributed by atoms with Gasteiger partial charge in [-0.05, 0) is 44.4 Å². The Morgan fingerprint density at radius 3 is 2.47 bits per heavy atom. The van der Waals surface area contributed by atoms with Crippen molar-refractivity contribution in [2.45, 2.75) is 38.1 Å². The number of ether oxygens (including phenoxy) is 2. The molecule has 0 saturated carbocycles. The van der Waals surface area contributed by atoms with E-state index >= 15 is 0 Å². The highest BCUT2D eigenvalue weighted by atomic mass is 32.2. The molecule has 0 unspecified atom stereocenters. The topological polar surface area (TPSA) is 128 Å². The lowest BCUT2D eigenvalue weighted by molar-refractivity contribution is -0.126. The van der Waals surface area contributed by atoms with E-state index in [0.717, 1.165) is 5.56 Å². The average molecular weight is 466 g/mol. The van der Waals surface area contributed by atoms with E-state index in [1.165, 1.54) is 18.5 Å². The number of nitrogens with one attached hydrogen (secondary N) is 1. The first kappa shape index (κ1) is 23.7. The number of esters is 1. The van der Waals surface area contributed by atoms with Gasteiger partial charge in [-0.15, -0.1) is 0 Å². The van der Waals surface area contributed by atoms with Gasteiger partial charge in [-0.1, -0.05) is 11.2 Å². The van der Waals surface area contributed by atoms with Crippen molar-refractivity contribution < 1.29 is 32.0 Å². The summed E-state index contributed by atoms with van der Waals surface area (Å²) in [6.07, 6.45) is 0.814. The van der Waals surface area contributed by atoms with E-state index in [0.29, 0.717) is 24.3 Å². The van der Waals surface area contributed by atoms with Crippen LogP contribution >= 0.6 is 0 Å². The molecule has 1 amide bonds. The summed E-state index contributed by atoms with van der Waals surface area (Å²) in [6, 6.07) is 5.01. The standard InChI is InChI=1S/C21H27N3O7S/c1-13-19(14(2)31-23-13)32(27,28)24-9-7-16(8-10-24)20(25)22-12-15-5-6-18(29-3)17(11-15)21(26)30-4/h5-6,11,16H,7-10,12H2,1-4H3,(H,22,25). The first-order valence-electron chi connectivity index (χ1n) is 10.1. The summed E-state index contributed by atoms with van der Waals surface area (Å²) in [6.45, 7) is 3.86. The molecule has 3 rings (SSSR count). The SMILES string of the molecule is COC(=O)c1cc(CNC(=O)C2CCN(S(=O)(=O)c3c(C)noc3C)CC2)ccc1OC. The van der Waals surface area contributed by atoms with Gasteiger partial charge in [-0.2, -0.15) is 4.31 Å². The van der Waals surface area contributed by atoms with Crippen LogP contribution in [-0.2, 0) is 26.1 Å². The highest BCUT2D eigenvalue weighted by Gasteiger charge is 2.35. The summed E-state index contributed by atoms with van der Waals surface area (Å²) in [7, 11) is -0.971. The molecule has 10 nitrogen and oxygen atoms in total. The zero-order valence-corrected chi connectivity index (χ0v) is 19.3. The largest absolute Gasteiger partial charge is 0.496 e. The van der Waals surface area contributed by atoms with Gasteiger partial charge >= 0.3 is 5.97 Å². The second kappa shape index (κ2) is 9.70. The number of aromatic nitrogens is 1. The molecule has 1 fully saturated rings. The third-order valence-electron chi connectivity index (χ3n) is 5.53. The molecule has 0 aliphatic carbocycles. The number of aryl methyl sites for hydroxylation is 2. The number of methoxy groups -OCH3 is 2. The zero-order valence-electron chi connectivity index (χ0n) is 18.5. The van der Waals surface area contributed by atoms with E-state index in [4.69, 9.17) is 14.0 Å². The average Bonchev–Trinajstić information content (AvgIpc) is 3.15. The van der Waals surface area contributed by atoms with Crippen LogP contribution in [0.1, 0.15) is 40.2 Å². The molecule has 2 heterocycles. The predicted octanol–water partition coefficient (Wildman–Crippen LogP) is 1.80. The first-order chi connectivity index (χ1) is 15.2. The Morgan fingerprint density at radius 1 is 1.22 bits per heavy atom. The number of carbonyl (C=O) groups excluding carboxylic acids is 2. The molecular weight excluding hydrogens is 438 g/mol. The molecule has 174 valence electrons. The molecule has 11 heteroatoms. The monoisotopic (exact) mass is 465 g/mol. The van der Waals surface area contributed by atoms with Crippen LogP contribution in [0.25, 0.3) is 0 Å². The number of nitrogens with zero attached hydrogens (tertiary/aromatic N) is 2. The van der Waals surface area contributed by atoms with Gasteiger partial charge in [0.1, 0.15) is 21.9 Å². The van der Waals surface area contributed by atoms with E-state index in [1.807, 2.05) is 0 Å². The highest BCUT2D eigenvalue weighted by Crippen LogP contribution is 2.28. The van der Waals surface area contributed by atoms with Gasteiger partial charge in [0.05, 0.1) is 14.2 Å². The van der Waals surface area contributed by atoms with Crippen molar-refractivity contribution >= 4 is 21.9 Å². The molecule has 1 aliphatic heterocycles.